The molecule has 0 aliphatic carbocycles. The van der Waals surface area contributed by atoms with E-state index in [2.05, 4.69) is 33.1 Å². The number of hydrazine groups is 1. The summed E-state index contributed by atoms with van der Waals surface area (Å²) < 4.78 is 5.81. The average Bonchev–Trinajstić information content (AvgIpc) is 2.96. The van der Waals surface area contributed by atoms with E-state index in [1.165, 1.54) is 5.01 Å². The number of aryl methyl sites for hydroxylation is 3. The van der Waals surface area contributed by atoms with E-state index in [1.807, 2.05) is 51.1 Å². The summed E-state index contributed by atoms with van der Waals surface area (Å²) in [6.07, 6.45) is 3.76. The van der Waals surface area contributed by atoms with E-state index in [0.717, 1.165) is 42.4 Å². The molecule has 0 unspecified atom stereocenters. The number of hydrogen-bond donors (Lipinski definition) is 2. The molecule has 0 radical (unpaired) electrons. The van der Waals surface area contributed by atoms with E-state index in [1.54, 1.807) is 0 Å². The second-order valence-electron chi connectivity index (χ2n) is 10.9. The fraction of sp³-hybridized carbons (Fsp3) is 0.500. The van der Waals surface area contributed by atoms with Crippen LogP contribution in [0.4, 0.5) is 0 Å². The number of nitrogens with zero attached hydrogens (tertiary/aromatic N) is 1. The normalized spacial score (nSPS) is 14.5. The second-order valence-corrected chi connectivity index (χ2v) is 10.9. The predicted molar refractivity (Wildman–Crippen MR) is 141 cm³/mol. The summed E-state index contributed by atoms with van der Waals surface area (Å²) in [5.41, 5.74) is 7.33. The molecular formula is C28H39BN2O4. The van der Waals surface area contributed by atoms with E-state index < -0.39 is 7.12 Å². The van der Waals surface area contributed by atoms with Crippen LogP contribution in [0.15, 0.2) is 30.3 Å². The molecule has 0 saturated heterocycles. The molecule has 2 aromatic rings. The zero-order valence-electron chi connectivity index (χ0n) is 22.2. The number of rotatable bonds is 5. The molecule has 1 aliphatic rings. The largest absolute Gasteiger partial charge is 0.536 e. The van der Waals surface area contributed by atoms with Crippen molar-refractivity contribution in [3.63, 3.8) is 0 Å². The lowest BCUT2D eigenvalue weighted by Gasteiger charge is -2.40. The van der Waals surface area contributed by atoms with Gasteiger partial charge in [0.05, 0.1) is 6.04 Å². The predicted octanol–water partition coefficient (Wildman–Crippen LogP) is 5.42. The summed E-state index contributed by atoms with van der Waals surface area (Å²) in [7, 11) is -0.886. The molecule has 188 valence electrons. The van der Waals surface area contributed by atoms with Crippen LogP contribution < -0.4 is 10.1 Å². The molecule has 1 heterocycles. The minimum Gasteiger partial charge on any atom is -0.536 e. The van der Waals surface area contributed by atoms with Crippen molar-refractivity contribution in [1.29, 1.82) is 0 Å². The van der Waals surface area contributed by atoms with E-state index in [-0.39, 0.29) is 23.3 Å². The lowest BCUT2D eigenvalue weighted by Crippen LogP contribution is -2.56. The summed E-state index contributed by atoms with van der Waals surface area (Å²) in [5.74, 6) is -0.0161. The molecule has 1 aliphatic heterocycles. The topological polar surface area (TPSA) is 78.9 Å². The van der Waals surface area contributed by atoms with Crippen LogP contribution in [0.1, 0.15) is 89.9 Å². The van der Waals surface area contributed by atoms with Crippen LogP contribution in [0.3, 0.4) is 0 Å². The molecule has 2 amide bonds. The van der Waals surface area contributed by atoms with Gasteiger partial charge in [-0.05, 0) is 75.5 Å². The molecule has 0 spiro atoms. The van der Waals surface area contributed by atoms with Crippen LogP contribution in [-0.2, 0) is 6.42 Å². The van der Waals surface area contributed by atoms with Crippen LogP contribution in [0.5, 0.6) is 5.75 Å². The van der Waals surface area contributed by atoms with E-state index in [4.69, 9.17) is 4.65 Å². The van der Waals surface area contributed by atoms with Crippen molar-refractivity contribution in [2.45, 2.75) is 86.5 Å². The number of fused-ring (bicyclic) bond motifs is 1. The van der Waals surface area contributed by atoms with Crippen LogP contribution in [0, 0.1) is 26.2 Å². The molecule has 0 aromatic heterocycles. The third-order valence-corrected chi connectivity index (χ3v) is 6.67. The molecule has 0 bridgehead atoms. The lowest BCUT2D eigenvalue weighted by atomic mass is 9.83. The van der Waals surface area contributed by atoms with Gasteiger partial charge >= 0.3 is 7.12 Å². The number of carbonyl (C=O) groups excluding carboxylic acids is 2. The van der Waals surface area contributed by atoms with Gasteiger partial charge in [-0.1, -0.05) is 57.4 Å². The maximum absolute atomic E-state index is 14.1. The number of benzene rings is 2. The van der Waals surface area contributed by atoms with Gasteiger partial charge in [0.2, 0.25) is 0 Å². The Morgan fingerprint density at radius 3 is 2.40 bits per heavy atom. The number of carbonyl (C=O) groups is 2. The Bertz CT molecular complexity index is 1070. The van der Waals surface area contributed by atoms with Crippen molar-refractivity contribution in [3.05, 3.63) is 63.7 Å². The molecule has 2 N–H and O–H groups in total. The highest BCUT2D eigenvalue weighted by Crippen LogP contribution is 2.34. The van der Waals surface area contributed by atoms with Gasteiger partial charge in [-0.15, -0.1) is 0 Å². The highest BCUT2D eigenvalue weighted by Gasteiger charge is 2.36. The quantitative estimate of drug-likeness (QED) is 0.444. The molecule has 3 rings (SSSR count). The molecule has 0 saturated carbocycles. The van der Waals surface area contributed by atoms with Crippen LogP contribution in [0.2, 0.25) is 6.32 Å². The Kier molecular flexibility index (Phi) is 8.32. The molecule has 0 fully saturated rings. The molecule has 1 atom stereocenters. The smallest absolute Gasteiger partial charge is 0.522 e. The van der Waals surface area contributed by atoms with Gasteiger partial charge in [-0.3, -0.25) is 15.0 Å². The van der Waals surface area contributed by atoms with Crippen molar-refractivity contribution in [2.75, 3.05) is 0 Å². The highest BCUT2D eigenvalue weighted by molar-refractivity contribution is 6.43. The van der Waals surface area contributed by atoms with Gasteiger partial charge in [0, 0.05) is 16.7 Å². The third kappa shape index (κ3) is 6.26. The molecule has 6 nitrogen and oxygen atoms in total. The molecule has 35 heavy (non-hydrogen) atoms. The summed E-state index contributed by atoms with van der Waals surface area (Å²) in [6, 6.07) is 9.18. The van der Waals surface area contributed by atoms with E-state index in [0.29, 0.717) is 28.8 Å². The van der Waals surface area contributed by atoms with Crippen LogP contribution >= 0.6 is 0 Å². The van der Waals surface area contributed by atoms with E-state index >= 15 is 0 Å². The zero-order valence-corrected chi connectivity index (χ0v) is 22.2. The monoisotopic (exact) mass is 478 g/mol. The Labute approximate surface area is 210 Å². The highest BCUT2D eigenvalue weighted by atomic mass is 16.5. The second kappa shape index (κ2) is 10.9. The van der Waals surface area contributed by atoms with Crippen LogP contribution in [-0.4, -0.2) is 35.0 Å². The Hall–Kier alpha value is -2.80. The first-order chi connectivity index (χ1) is 16.4. The fourth-order valence-corrected chi connectivity index (χ4v) is 4.91. The van der Waals surface area contributed by atoms with Crippen LogP contribution in [0.25, 0.3) is 0 Å². The van der Waals surface area contributed by atoms with Gasteiger partial charge in [-0.2, -0.15) is 0 Å². The van der Waals surface area contributed by atoms with Crippen molar-refractivity contribution in [1.82, 2.24) is 10.4 Å². The number of nitrogens with one attached hydrogen (secondary N) is 1. The summed E-state index contributed by atoms with van der Waals surface area (Å²) >= 11 is 0. The number of amides is 2. The maximum atomic E-state index is 14.1. The Balaban J connectivity index is 2.05. The third-order valence-electron chi connectivity index (χ3n) is 6.67. The summed E-state index contributed by atoms with van der Waals surface area (Å²) in [5, 5.41) is 11.7. The fourth-order valence-electron chi connectivity index (χ4n) is 4.91. The summed E-state index contributed by atoms with van der Waals surface area (Å²) in [4.78, 5) is 27.4. The lowest BCUT2D eigenvalue weighted by molar-refractivity contribution is 0.0270. The molecule has 2 aromatic carbocycles. The standard InChI is InChI=1S/C28H39BN2O4/c1-8-10-24(28(5,6)7)31(30-26(32)22-16-18(2)15-19(3)17-22)27(33)23-13-12-21-11-9-14-29(34)35-25(21)20(23)4/h12-13,15-17,24,34H,8-11,14H2,1-7H3,(H,30,32)/t24-/m1/s1. The van der Waals surface area contributed by atoms with Gasteiger partial charge in [0.15, 0.2) is 0 Å². The maximum Gasteiger partial charge on any atom is 0.522 e. The molecular weight excluding hydrogens is 439 g/mol. The van der Waals surface area contributed by atoms with Crippen molar-refractivity contribution >= 4 is 18.9 Å². The van der Waals surface area contributed by atoms with Crippen molar-refractivity contribution in [2.24, 2.45) is 5.41 Å². The molecule has 7 heteroatoms. The van der Waals surface area contributed by atoms with Crippen molar-refractivity contribution < 1.29 is 19.3 Å². The Morgan fingerprint density at radius 2 is 1.80 bits per heavy atom. The Morgan fingerprint density at radius 1 is 1.14 bits per heavy atom. The minimum atomic E-state index is -0.886. The number of hydrogen-bond acceptors (Lipinski definition) is 4. The first kappa shape index (κ1) is 26.8. The summed E-state index contributed by atoms with van der Waals surface area (Å²) in [6.45, 7) is 14.1. The van der Waals surface area contributed by atoms with Crippen molar-refractivity contribution in [3.8, 4) is 5.75 Å². The first-order valence-corrected chi connectivity index (χ1v) is 12.6. The minimum absolute atomic E-state index is 0.223. The van der Waals surface area contributed by atoms with Gasteiger partial charge in [0.25, 0.3) is 11.8 Å². The first-order valence-electron chi connectivity index (χ1n) is 12.6. The van der Waals surface area contributed by atoms with E-state index in [9.17, 15) is 14.6 Å². The zero-order chi connectivity index (χ0) is 25.9. The van der Waals surface area contributed by atoms with Gasteiger partial charge in [0.1, 0.15) is 5.75 Å². The average molecular weight is 478 g/mol. The van der Waals surface area contributed by atoms with Gasteiger partial charge in [-0.25, -0.2) is 5.01 Å². The SMILES string of the molecule is CCC[C@@H](N(NC(=O)c1cc(C)cc(C)c1)C(=O)c1ccc2c(c1C)OB(O)CCC2)C(C)(C)C. The van der Waals surface area contributed by atoms with Gasteiger partial charge < -0.3 is 9.68 Å².